The summed E-state index contributed by atoms with van der Waals surface area (Å²) in [5.74, 6) is 0.853. The van der Waals surface area contributed by atoms with Gasteiger partial charge in [-0.15, -0.1) is 0 Å². The van der Waals surface area contributed by atoms with Crippen molar-refractivity contribution in [3.8, 4) is 0 Å². The van der Waals surface area contributed by atoms with Gasteiger partial charge >= 0.3 is 0 Å². The molecule has 0 radical (unpaired) electrons. The van der Waals surface area contributed by atoms with Crippen LogP contribution < -0.4 is 0 Å². The topological polar surface area (TPSA) is 22.4 Å². The van der Waals surface area contributed by atoms with Gasteiger partial charge in [0.15, 0.2) is 0 Å². The molecular weight excluding hydrogens is 140 g/mol. The first-order valence-electron chi connectivity index (χ1n) is 3.72. The average molecular weight is 152 g/mol. The molecule has 0 N–H and O–H groups in total. The number of rotatable bonds is 4. The normalized spacial score (nSPS) is 10.6. The zero-order valence-electron chi connectivity index (χ0n) is 6.62. The van der Waals surface area contributed by atoms with Crippen LogP contribution in [-0.2, 0) is 11.3 Å². The SMILES string of the molecule is CCC=COCc1ccco1. The molecule has 1 heterocycles. The molecule has 0 saturated carbocycles. The molecule has 0 unspecified atom stereocenters. The smallest absolute Gasteiger partial charge is 0.145 e. The van der Waals surface area contributed by atoms with Gasteiger partial charge in [0.1, 0.15) is 12.4 Å². The fourth-order valence-corrected chi connectivity index (χ4v) is 0.689. The van der Waals surface area contributed by atoms with Crippen molar-refractivity contribution in [2.75, 3.05) is 0 Å². The lowest BCUT2D eigenvalue weighted by atomic mass is 10.5. The molecule has 11 heavy (non-hydrogen) atoms. The van der Waals surface area contributed by atoms with Crippen LogP contribution in [0.25, 0.3) is 0 Å². The monoisotopic (exact) mass is 152 g/mol. The molecule has 0 aliphatic carbocycles. The maximum Gasteiger partial charge on any atom is 0.145 e. The Hall–Kier alpha value is -1.18. The van der Waals surface area contributed by atoms with Crippen LogP contribution in [-0.4, -0.2) is 0 Å². The number of ether oxygens (including phenoxy) is 1. The van der Waals surface area contributed by atoms with Gasteiger partial charge in [-0.3, -0.25) is 0 Å². The van der Waals surface area contributed by atoms with Gasteiger partial charge in [0.25, 0.3) is 0 Å². The van der Waals surface area contributed by atoms with Crippen molar-refractivity contribution in [1.82, 2.24) is 0 Å². The van der Waals surface area contributed by atoms with Crippen molar-refractivity contribution in [3.63, 3.8) is 0 Å². The zero-order valence-corrected chi connectivity index (χ0v) is 6.62. The first-order valence-corrected chi connectivity index (χ1v) is 3.72. The molecule has 2 nitrogen and oxygen atoms in total. The molecule has 0 saturated heterocycles. The number of hydrogen-bond acceptors (Lipinski definition) is 2. The van der Waals surface area contributed by atoms with Crippen LogP contribution in [0.15, 0.2) is 35.2 Å². The first kappa shape index (κ1) is 7.92. The molecule has 1 aromatic rings. The molecule has 0 amide bonds. The fourth-order valence-electron chi connectivity index (χ4n) is 0.689. The predicted octanol–water partition coefficient (Wildman–Crippen LogP) is 2.72. The van der Waals surface area contributed by atoms with Gasteiger partial charge in [-0.1, -0.05) is 13.0 Å². The number of allylic oxidation sites excluding steroid dienone is 1. The van der Waals surface area contributed by atoms with Gasteiger partial charge in [-0.25, -0.2) is 0 Å². The summed E-state index contributed by atoms with van der Waals surface area (Å²) in [6, 6.07) is 3.74. The van der Waals surface area contributed by atoms with Crippen LogP contribution in [0, 0.1) is 0 Å². The Balaban J connectivity index is 2.19. The summed E-state index contributed by atoms with van der Waals surface area (Å²) < 4.78 is 10.2. The lowest BCUT2D eigenvalue weighted by Gasteiger charge is -1.94. The maximum absolute atomic E-state index is 5.14. The van der Waals surface area contributed by atoms with Crippen LogP contribution in [0.2, 0.25) is 0 Å². The lowest BCUT2D eigenvalue weighted by Crippen LogP contribution is -1.81. The van der Waals surface area contributed by atoms with Gasteiger partial charge in [0, 0.05) is 0 Å². The minimum atomic E-state index is 0.517. The second-order valence-electron chi connectivity index (χ2n) is 2.17. The van der Waals surface area contributed by atoms with Gasteiger partial charge in [-0.05, 0) is 18.6 Å². The molecule has 1 aromatic heterocycles. The molecule has 0 aromatic carbocycles. The van der Waals surface area contributed by atoms with Crippen molar-refractivity contribution < 1.29 is 9.15 Å². The molecule has 0 bridgehead atoms. The second kappa shape index (κ2) is 4.61. The van der Waals surface area contributed by atoms with E-state index in [1.807, 2.05) is 18.2 Å². The van der Waals surface area contributed by atoms with Crippen LogP contribution >= 0.6 is 0 Å². The van der Waals surface area contributed by atoms with E-state index in [-0.39, 0.29) is 0 Å². The summed E-state index contributed by atoms with van der Waals surface area (Å²) >= 11 is 0. The van der Waals surface area contributed by atoms with Gasteiger partial charge in [-0.2, -0.15) is 0 Å². The summed E-state index contributed by atoms with van der Waals surface area (Å²) in [6.45, 7) is 2.58. The van der Waals surface area contributed by atoms with Gasteiger partial charge in [0.05, 0.1) is 12.5 Å². The summed E-state index contributed by atoms with van der Waals surface area (Å²) in [6.07, 6.45) is 6.30. The minimum Gasteiger partial charge on any atom is -0.494 e. The Morgan fingerprint density at radius 1 is 1.64 bits per heavy atom. The molecular formula is C9H12O2. The molecule has 0 spiro atoms. The van der Waals surface area contributed by atoms with Gasteiger partial charge in [0.2, 0.25) is 0 Å². The molecule has 0 aliphatic rings. The average Bonchev–Trinajstić information content (AvgIpc) is 2.50. The third-order valence-electron chi connectivity index (χ3n) is 1.23. The summed E-state index contributed by atoms with van der Waals surface area (Å²) in [4.78, 5) is 0. The van der Waals surface area contributed by atoms with E-state index < -0.39 is 0 Å². The van der Waals surface area contributed by atoms with E-state index in [0.29, 0.717) is 6.61 Å². The van der Waals surface area contributed by atoms with Crippen molar-refractivity contribution in [2.24, 2.45) is 0 Å². The van der Waals surface area contributed by atoms with Crippen LogP contribution in [0.4, 0.5) is 0 Å². The zero-order chi connectivity index (χ0) is 7.94. The van der Waals surface area contributed by atoms with Crippen molar-refractivity contribution >= 4 is 0 Å². The largest absolute Gasteiger partial charge is 0.494 e. The maximum atomic E-state index is 5.14. The number of furan rings is 1. The molecule has 1 rings (SSSR count). The highest BCUT2D eigenvalue weighted by Gasteiger charge is 1.91. The van der Waals surface area contributed by atoms with E-state index in [9.17, 15) is 0 Å². The fraction of sp³-hybridized carbons (Fsp3) is 0.333. The van der Waals surface area contributed by atoms with E-state index in [2.05, 4.69) is 6.92 Å². The van der Waals surface area contributed by atoms with E-state index in [4.69, 9.17) is 9.15 Å². The first-order chi connectivity index (χ1) is 5.43. The molecule has 0 aliphatic heterocycles. The van der Waals surface area contributed by atoms with E-state index in [1.165, 1.54) is 0 Å². The number of hydrogen-bond donors (Lipinski definition) is 0. The summed E-state index contributed by atoms with van der Waals surface area (Å²) in [5.41, 5.74) is 0. The molecule has 0 atom stereocenters. The highest BCUT2D eigenvalue weighted by Crippen LogP contribution is 2.01. The molecule has 60 valence electrons. The van der Waals surface area contributed by atoms with Gasteiger partial charge < -0.3 is 9.15 Å². The standard InChI is InChI=1S/C9H12O2/c1-2-3-6-10-8-9-5-4-7-11-9/h3-7H,2,8H2,1H3. The molecule has 0 fully saturated rings. The van der Waals surface area contributed by atoms with Crippen LogP contribution in [0.1, 0.15) is 19.1 Å². The third kappa shape index (κ3) is 2.94. The van der Waals surface area contributed by atoms with Crippen molar-refractivity contribution in [1.29, 1.82) is 0 Å². The van der Waals surface area contributed by atoms with E-state index in [0.717, 1.165) is 12.2 Å². The highest BCUT2D eigenvalue weighted by molar-refractivity contribution is 4.96. The van der Waals surface area contributed by atoms with Crippen LogP contribution in [0.5, 0.6) is 0 Å². The van der Waals surface area contributed by atoms with E-state index in [1.54, 1.807) is 12.5 Å². The van der Waals surface area contributed by atoms with Crippen molar-refractivity contribution in [3.05, 3.63) is 36.5 Å². The predicted molar refractivity (Wildman–Crippen MR) is 42.9 cm³/mol. The third-order valence-corrected chi connectivity index (χ3v) is 1.23. The lowest BCUT2D eigenvalue weighted by molar-refractivity contribution is 0.209. The summed E-state index contributed by atoms with van der Waals surface area (Å²) in [5, 5.41) is 0. The second-order valence-corrected chi connectivity index (χ2v) is 2.17. The van der Waals surface area contributed by atoms with Crippen molar-refractivity contribution in [2.45, 2.75) is 20.0 Å². The Morgan fingerprint density at radius 3 is 3.18 bits per heavy atom. The Kier molecular flexibility index (Phi) is 3.32. The quantitative estimate of drug-likeness (QED) is 0.619. The van der Waals surface area contributed by atoms with Crippen LogP contribution in [0.3, 0.4) is 0 Å². The Bertz CT molecular complexity index is 199. The highest BCUT2D eigenvalue weighted by atomic mass is 16.5. The minimum absolute atomic E-state index is 0.517. The Morgan fingerprint density at radius 2 is 2.55 bits per heavy atom. The Labute approximate surface area is 66.5 Å². The van der Waals surface area contributed by atoms with E-state index >= 15 is 0 Å². The molecule has 2 heteroatoms. The summed E-state index contributed by atoms with van der Waals surface area (Å²) in [7, 11) is 0.